The summed E-state index contributed by atoms with van der Waals surface area (Å²) in [6.07, 6.45) is 3.65. The van der Waals surface area contributed by atoms with Gasteiger partial charge in [-0.05, 0) is 37.5 Å². The summed E-state index contributed by atoms with van der Waals surface area (Å²) in [6, 6.07) is 4.84. The van der Waals surface area contributed by atoms with Gasteiger partial charge in [0.1, 0.15) is 11.3 Å². The van der Waals surface area contributed by atoms with Crippen molar-refractivity contribution >= 4 is 16.9 Å². The highest BCUT2D eigenvalue weighted by molar-refractivity contribution is 5.94. The van der Waals surface area contributed by atoms with Crippen LogP contribution < -0.4 is 5.43 Å². The van der Waals surface area contributed by atoms with E-state index in [0.717, 1.165) is 37.0 Å². The van der Waals surface area contributed by atoms with Crippen LogP contribution in [0.5, 0.6) is 0 Å². The van der Waals surface area contributed by atoms with Crippen LogP contribution in [0.3, 0.4) is 0 Å². The molecule has 1 aliphatic rings. The van der Waals surface area contributed by atoms with Gasteiger partial charge in [0.25, 0.3) is 0 Å². The maximum absolute atomic E-state index is 12.4. The van der Waals surface area contributed by atoms with Gasteiger partial charge in [-0.2, -0.15) is 0 Å². The van der Waals surface area contributed by atoms with Gasteiger partial charge in [-0.25, -0.2) is 4.79 Å². The Hall–Kier alpha value is -2.10. The van der Waals surface area contributed by atoms with Crippen molar-refractivity contribution in [3.63, 3.8) is 0 Å². The highest BCUT2D eigenvalue weighted by atomic mass is 16.5. The first-order valence-corrected chi connectivity index (χ1v) is 6.37. The van der Waals surface area contributed by atoms with Crippen molar-refractivity contribution < 1.29 is 13.9 Å². The molecule has 3 rings (SSSR count). The third kappa shape index (κ3) is 1.93. The highest BCUT2D eigenvalue weighted by Gasteiger charge is 2.18. The van der Waals surface area contributed by atoms with Gasteiger partial charge in [-0.1, -0.05) is 0 Å². The molecular weight excluding hydrogens is 244 g/mol. The molecule has 2 aromatic rings. The average Bonchev–Trinajstić information content (AvgIpc) is 2.46. The number of hydrogen-bond acceptors (Lipinski definition) is 4. The number of carbonyl (C=O) groups excluding carboxylic acids is 1. The van der Waals surface area contributed by atoms with Crippen LogP contribution in [0.15, 0.2) is 27.4 Å². The molecule has 0 fully saturated rings. The minimum absolute atomic E-state index is 0.0123. The van der Waals surface area contributed by atoms with Gasteiger partial charge in [0.15, 0.2) is 5.43 Å². The maximum atomic E-state index is 12.4. The Morgan fingerprint density at radius 1 is 1.26 bits per heavy atom. The zero-order valence-electron chi connectivity index (χ0n) is 10.7. The summed E-state index contributed by atoms with van der Waals surface area (Å²) in [5, 5.41) is 0.462. The van der Waals surface area contributed by atoms with Gasteiger partial charge >= 0.3 is 5.97 Å². The summed E-state index contributed by atoms with van der Waals surface area (Å²) >= 11 is 0. The fourth-order valence-corrected chi connectivity index (χ4v) is 2.57. The predicted molar refractivity (Wildman–Crippen MR) is 70.5 cm³/mol. The van der Waals surface area contributed by atoms with Gasteiger partial charge in [0.2, 0.25) is 0 Å². The molecule has 0 atom stereocenters. The lowest BCUT2D eigenvalue weighted by atomic mass is 9.95. The van der Waals surface area contributed by atoms with E-state index in [1.165, 1.54) is 7.11 Å². The lowest BCUT2D eigenvalue weighted by molar-refractivity contribution is 0.0601. The number of hydrogen-bond donors (Lipinski definition) is 0. The monoisotopic (exact) mass is 258 g/mol. The summed E-state index contributed by atoms with van der Waals surface area (Å²) in [5.41, 5.74) is 1.67. The van der Waals surface area contributed by atoms with Gasteiger partial charge in [-0.3, -0.25) is 4.79 Å². The summed E-state index contributed by atoms with van der Waals surface area (Å²) in [4.78, 5) is 23.9. The van der Waals surface area contributed by atoms with Crippen LogP contribution in [0.2, 0.25) is 0 Å². The molecule has 1 aromatic heterocycles. The van der Waals surface area contributed by atoms with Gasteiger partial charge < -0.3 is 9.15 Å². The molecule has 0 spiro atoms. The van der Waals surface area contributed by atoms with E-state index in [1.54, 1.807) is 18.2 Å². The van der Waals surface area contributed by atoms with E-state index in [1.807, 2.05) is 0 Å². The predicted octanol–water partition coefficient (Wildman–Crippen LogP) is 2.46. The molecule has 98 valence electrons. The van der Waals surface area contributed by atoms with Crippen molar-refractivity contribution in [2.24, 2.45) is 0 Å². The van der Waals surface area contributed by atoms with E-state index in [4.69, 9.17) is 4.42 Å². The molecule has 1 heterocycles. The summed E-state index contributed by atoms with van der Waals surface area (Å²) < 4.78 is 10.4. The lowest BCUT2D eigenvalue weighted by Crippen LogP contribution is -2.16. The molecular formula is C15H14O4. The molecule has 0 bridgehead atoms. The molecule has 0 aliphatic heterocycles. The molecule has 0 radical (unpaired) electrons. The molecule has 0 saturated heterocycles. The number of esters is 1. The zero-order chi connectivity index (χ0) is 13.4. The highest BCUT2D eigenvalue weighted by Crippen LogP contribution is 2.23. The Morgan fingerprint density at radius 3 is 2.84 bits per heavy atom. The molecule has 4 heteroatoms. The van der Waals surface area contributed by atoms with Crippen molar-refractivity contribution in [1.82, 2.24) is 0 Å². The number of aryl methyl sites for hydroxylation is 1. The fraction of sp³-hybridized carbons (Fsp3) is 0.333. The zero-order valence-corrected chi connectivity index (χ0v) is 10.7. The molecule has 1 aromatic carbocycles. The number of methoxy groups -OCH3 is 1. The van der Waals surface area contributed by atoms with Crippen LogP contribution in [-0.4, -0.2) is 13.1 Å². The lowest BCUT2D eigenvalue weighted by Gasteiger charge is -2.14. The molecule has 0 unspecified atom stereocenters. The Bertz CT molecular complexity index is 712. The van der Waals surface area contributed by atoms with Crippen LogP contribution >= 0.6 is 0 Å². The van der Waals surface area contributed by atoms with E-state index in [9.17, 15) is 9.59 Å². The van der Waals surface area contributed by atoms with E-state index in [2.05, 4.69) is 4.74 Å². The summed E-state index contributed by atoms with van der Waals surface area (Å²) in [7, 11) is 1.32. The number of rotatable bonds is 1. The Labute approximate surface area is 110 Å². The molecule has 4 nitrogen and oxygen atoms in total. The fourth-order valence-electron chi connectivity index (χ4n) is 2.57. The van der Waals surface area contributed by atoms with Crippen LogP contribution in [0.1, 0.15) is 34.5 Å². The second-order valence-corrected chi connectivity index (χ2v) is 4.74. The van der Waals surface area contributed by atoms with Gasteiger partial charge in [-0.15, -0.1) is 0 Å². The number of carbonyl (C=O) groups is 1. The van der Waals surface area contributed by atoms with Crippen LogP contribution in [0, 0.1) is 0 Å². The van der Waals surface area contributed by atoms with Gasteiger partial charge in [0.05, 0.1) is 18.1 Å². The quantitative estimate of drug-likeness (QED) is 0.737. The van der Waals surface area contributed by atoms with Gasteiger partial charge in [0, 0.05) is 12.0 Å². The number of fused-ring (bicyclic) bond motifs is 2. The number of ether oxygens (including phenoxy) is 1. The minimum atomic E-state index is -0.445. The molecule has 19 heavy (non-hydrogen) atoms. The SMILES string of the molecule is COC(=O)c1ccc2oc3c(c(=O)c2c1)CCCC3. The molecule has 0 amide bonds. The first-order valence-electron chi connectivity index (χ1n) is 6.37. The Balaban J connectivity index is 2.25. The first kappa shape index (κ1) is 12.0. The van der Waals surface area contributed by atoms with E-state index in [-0.39, 0.29) is 5.43 Å². The Kier molecular flexibility index (Phi) is 2.85. The largest absolute Gasteiger partial charge is 0.465 e. The van der Waals surface area contributed by atoms with Crippen LogP contribution in [-0.2, 0) is 17.6 Å². The normalized spacial score (nSPS) is 14.2. The summed E-state index contributed by atoms with van der Waals surface area (Å²) in [6.45, 7) is 0. The maximum Gasteiger partial charge on any atom is 0.337 e. The molecule has 1 aliphatic carbocycles. The topological polar surface area (TPSA) is 56.5 Å². The summed E-state index contributed by atoms with van der Waals surface area (Å²) in [5.74, 6) is 0.355. The minimum Gasteiger partial charge on any atom is -0.465 e. The standard InChI is InChI=1S/C15H14O4/c1-18-15(17)9-6-7-13-11(8-9)14(16)10-4-2-3-5-12(10)19-13/h6-8H,2-5H2,1H3. The number of benzene rings is 1. The second-order valence-electron chi connectivity index (χ2n) is 4.74. The molecule has 0 saturated carbocycles. The third-order valence-electron chi connectivity index (χ3n) is 3.57. The molecule has 0 N–H and O–H groups in total. The average molecular weight is 258 g/mol. The van der Waals surface area contributed by atoms with Crippen LogP contribution in [0.4, 0.5) is 0 Å². The van der Waals surface area contributed by atoms with E-state index in [0.29, 0.717) is 16.5 Å². The van der Waals surface area contributed by atoms with Crippen molar-refractivity contribution in [2.45, 2.75) is 25.7 Å². The van der Waals surface area contributed by atoms with Crippen LogP contribution in [0.25, 0.3) is 11.0 Å². The van der Waals surface area contributed by atoms with Crippen molar-refractivity contribution in [3.8, 4) is 0 Å². The van der Waals surface area contributed by atoms with Crippen molar-refractivity contribution in [2.75, 3.05) is 7.11 Å². The smallest absolute Gasteiger partial charge is 0.337 e. The van der Waals surface area contributed by atoms with Crippen molar-refractivity contribution in [1.29, 1.82) is 0 Å². The second kappa shape index (κ2) is 4.53. The van der Waals surface area contributed by atoms with Crippen molar-refractivity contribution in [3.05, 3.63) is 45.3 Å². The third-order valence-corrected chi connectivity index (χ3v) is 3.57. The van der Waals surface area contributed by atoms with E-state index >= 15 is 0 Å². The Morgan fingerprint density at radius 2 is 2.05 bits per heavy atom. The first-order chi connectivity index (χ1) is 9.20. The van der Waals surface area contributed by atoms with E-state index < -0.39 is 5.97 Å².